The van der Waals surface area contributed by atoms with E-state index in [1.54, 1.807) is 30.3 Å². The number of nitrogens with zero attached hydrogens (tertiary/aromatic N) is 2. The first-order valence-corrected chi connectivity index (χ1v) is 10.3. The number of imidazole rings is 1. The number of carbonyl (C=O) groups is 1. The van der Waals surface area contributed by atoms with Crippen LogP contribution in [0.25, 0.3) is 33.7 Å². The van der Waals surface area contributed by atoms with Gasteiger partial charge in [-0.3, -0.25) is 4.79 Å². The first-order chi connectivity index (χ1) is 15.5. The molecule has 0 atom stereocenters. The lowest BCUT2D eigenvalue weighted by molar-refractivity contribution is 0.0694. The molecule has 0 saturated heterocycles. The SMILES string of the molecule is O=C(O)c1cccc(-c2ccc(-c3nc4[nH]cnc4c(=O)[nH]3)c(OC3CCCC3)c2)c1O. The van der Waals surface area contributed by atoms with E-state index in [0.717, 1.165) is 25.7 Å². The predicted octanol–water partition coefficient (Wildman–Crippen LogP) is 3.71. The first kappa shape index (κ1) is 19.8. The van der Waals surface area contributed by atoms with Crippen LogP contribution in [0.3, 0.4) is 0 Å². The highest BCUT2D eigenvalue weighted by Gasteiger charge is 2.22. The monoisotopic (exact) mass is 432 g/mol. The van der Waals surface area contributed by atoms with Crippen molar-refractivity contribution in [3.8, 4) is 34.0 Å². The summed E-state index contributed by atoms with van der Waals surface area (Å²) in [6.45, 7) is 0. The summed E-state index contributed by atoms with van der Waals surface area (Å²) in [6, 6.07) is 9.79. The zero-order valence-electron chi connectivity index (χ0n) is 17.0. The fourth-order valence-corrected chi connectivity index (χ4v) is 4.09. The van der Waals surface area contributed by atoms with Crippen molar-refractivity contribution in [1.82, 2.24) is 19.9 Å². The van der Waals surface area contributed by atoms with Crippen molar-refractivity contribution < 1.29 is 19.7 Å². The van der Waals surface area contributed by atoms with E-state index in [1.165, 1.54) is 12.4 Å². The Hall–Kier alpha value is -4.14. The number of H-pyrrole nitrogens is 2. The fourth-order valence-electron chi connectivity index (χ4n) is 4.09. The third-order valence-corrected chi connectivity index (χ3v) is 5.70. The Kier molecular flexibility index (Phi) is 4.85. The fraction of sp³-hybridized carbons (Fsp3) is 0.217. The maximum atomic E-state index is 12.4. The minimum atomic E-state index is -1.21. The Morgan fingerprint density at radius 1 is 1.12 bits per heavy atom. The molecule has 0 amide bonds. The number of rotatable bonds is 5. The van der Waals surface area contributed by atoms with E-state index < -0.39 is 5.97 Å². The second-order valence-electron chi connectivity index (χ2n) is 7.76. The maximum absolute atomic E-state index is 12.4. The summed E-state index contributed by atoms with van der Waals surface area (Å²) in [5.74, 6) is -0.700. The number of aromatic hydroxyl groups is 1. The molecule has 1 aliphatic rings. The van der Waals surface area contributed by atoms with Crippen molar-refractivity contribution in [2.45, 2.75) is 31.8 Å². The summed E-state index contributed by atoms with van der Waals surface area (Å²) >= 11 is 0. The Balaban J connectivity index is 1.65. The number of hydrogen-bond acceptors (Lipinski definition) is 6. The largest absolute Gasteiger partial charge is 0.506 e. The number of aromatic carboxylic acids is 1. The normalized spacial score (nSPS) is 14.1. The summed E-state index contributed by atoms with van der Waals surface area (Å²) in [6.07, 6.45) is 5.45. The molecule has 4 N–H and O–H groups in total. The number of benzene rings is 2. The molecule has 9 nitrogen and oxygen atoms in total. The van der Waals surface area contributed by atoms with Gasteiger partial charge in [-0.05, 0) is 49.4 Å². The van der Waals surface area contributed by atoms with Crippen LogP contribution in [0.5, 0.6) is 11.5 Å². The zero-order valence-corrected chi connectivity index (χ0v) is 17.0. The van der Waals surface area contributed by atoms with Gasteiger partial charge in [-0.1, -0.05) is 18.2 Å². The molecule has 2 aromatic carbocycles. The second kappa shape index (κ2) is 7.84. The van der Waals surface area contributed by atoms with Crippen molar-refractivity contribution >= 4 is 17.1 Å². The van der Waals surface area contributed by atoms with Crippen LogP contribution in [0, 0.1) is 0 Å². The van der Waals surface area contributed by atoms with Crippen molar-refractivity contribution in [2.24, 2.45) is 0 Å². The lowest BCUT2D eigenvalue weighted by atomic mass is 9.99. The van der Waals surface area contributed by atoms with Gasteiger partial charge in [0.05, 0.1) is 18.0 Å². The van der Waals surface area contributed by atoms with E-state index in [4.69, 9.17) is 4.74 Å². The molecular formula is C23H20N4O5. The summed E-state index contributed by atoms with van der Waals surface area (Å²) < 4.78 is 6.29. The van der Waals surface area contributed by atoms with Gasteiger partial charge in [-0.15, -0.1) is 0 Å². The van der Waals surface area contributed by atoms with E-state index in [2.05, 4.69) is 19.9 Å². The number of aromatic nitrogens is 4. The van der Waals surface area contributed by atoms with Gasteiger partial charge in [0.2, 0.25) is 0 Å². The highest BCUT2D eigenvalue weighted by molar-refractivity contribution is 5.94. The van der Waals surface area contributed by atoms with Crippen molar-refractivity contribution in [3.05, 3.63) is 58.6 Å². The molecule has 0 spiro atoms. The Labute approximate surface area is 181 Å². The summed E-state index contributed by atoms with van der Waals surface area (Å²) in [5, 5.41) is 19.8. The average molecular weight is 432 g/mol. The topological polar surface area (TPSA) is 141 Å². The number of para-hydroxylation sites is 1. The molecule has 1 aliphatic carbocycles. The number of fused-ring (bicyclic) bond motifs is 1. The molecule has 0 bridgehead atoms. The Bertz CT molecular complexity index is 1380. The standard InChI is InChI=1S/C23H20N4O5/c28-19-14(6-3-7-16(19)23(30)31)12-8-9-15(17(10-12)32-13-4-1-2-5-13)20-26-21-18(22(29)27-20)24-11-25-21/h3,6-11,13,28H,1-2,4-5H2,(H,30,31)(H2,24,25,26,27,29). The summed E-state index contributed by atoms with van der Waals surface area (Å²) in [5.41, 5.74) is 1.59. The molecule has 162 valence electrons. The lowest BCUT2D eigenvalue weighted by Crippen LogP contribution is -2.13. The van der Waals surface area contributed by atoms with E-state index in [9.17, 15) is 19.8 Å². The van der Waals surface area contributed by atoms with Crippen LogP contribution >= 0.6 is 0 Å². The van der Waals surface area contributed by atoms with Crippen molar-refractivity contribution in [1.29, 1.82) is 0 Å². The van der Waals surface area contributed by atoms with Gasteiger partial charge in [-0.25, -0.2) is 14.8 Å². The lowest BCUT2D eigenvalue weighted by Gasteiger charge is -2.18. The van der Waals surface area contributed by atoms with Crippen LogP contribution in [-0.2, 0) is 0 Å². The molecule has 1 fully saturated rings. The van der Waals surface area contributed by atoms with Crippen molar-refractivity contribution in [2.75, 3.05) is 0 Å². The zero-order chi connectivity index (χ0) is 22.2. The maximum Gasteiger partial charge on any atom is 0.339 e. The molecule has 32 heavy (non-hydrogen) atoms. The first-order valence-electron chi connectivity index (χ1n) is 10.3. The van der Waals surface area contributed by atoms with Crippen LogP contribution in [0.1, 0.15) is 36.0 Å². The third-order valence-electron chi connectivity index (χ3n) is 5.70. The number of hydrogen-bond donors (Lipinski definition) is 4. The van der Waals surface area contributed by atoms with Crippen LogP contribution in [-0.4, -0.2) is 42.2 Å². The number of carboxylic acids is 1. The quantitative estimate of drug-likeness (QED) is 0.377. The minimum Gasteiger partial charge on any atom is -0.506 e. The van der Waals surface area contributed by atoms with Gasteiger partial charge < -0.3 is 24.9 Å². The van der Waals surface area contributed by atoms with Crippen LogP contribution in [0.4, 0.5) is 0 Å². The number of carboxylic acid groups (broad SMARTS) is 1. The van der Waals surface area contributed by atoms with E-state index in [1.807, 2.05) is 0 Å². The highest BCUT2D eigenvalue weighted by Crippen LogP contribution is 2.39. The van der Waals surface area contributed by atoms with E-state index in [0.29, 0.717) is 33.9 Å². The number of phenols is 1. The van der Waals surface area contributed by atoms with Crippen molar-refractivity contribution in [3.63, 3.8) is 0 Å². The smallest absolute Gasteiger partial charge is 0.339 e. The number of ether oxygens (including phenoxy) is 1. The molecule has 5 rings (SSSR count). The molecule has 2 aromatic heterocycles. The average Bonchev–Trinajstić information content (AvgIpc) is 3.46. The van der Waals surface area contributed by atoms with E-state index >= 15 is 0 Å². The van der Waals surface area contributed by atoms with Gasteiger partial charge in [0.25, 0.3) is 5.56 Å². The Morgan fingerprint density at radius 2 is 1.94 bits per heavy atom. The van der Waals surface area contributed by atoms with Gasteiger partial charge in [-0.2, -0.15) is 0 Å². The molecular weight excluding hydrogens is 412 g/mol. The van der Waals surface area contributed by atoms with Crippen LogP contribution < -0.4 is 10.3 Å². The van der Waals surface area contributed by atoms with Crippen LogP contribution in [0.2, 0.25) is 0 Å². The van der Waals surface area contributed by atoms with Crippen LogP contribution in [0.15, 0.2) is 47.5 Å². The molecule has 0 unspecified atom stereocenters. The van der Waals surface area contributed by atoms with Gasteiger partial charge in [0, 0.05) is 5.56 Å². The predicted molar refractivity (Wildman–Crippen MR) is 117 cm³/mol. The summed E-state index contributed by atoms with van der Waals surface area (Å²) in [7, 11) is 0. The molecule has 0 aliphatic heterocycles. The highest BCUT2D eigenvalue weighted by atomic mass is 16.5. The Morgan fingerprint density at radius 3 is 2.72 bits per heavy atom. The van der Waals surface area contributed by atoms with E-state index in [-0.39, 0.29) is 28.5 Å². The minimum absolute atomic E-state index is 0.0329. The second-order valence-corrected chi connectivity index (χ2v) is 7.76. The van der Waals surface area contributed by atoms with Gasteiger partial charge >= 0.3 is 5.97 Å². The summed E-state index contributed by atoms with van der Waals surface area (Å²) in [4.78, 5) is 37.9. The van der Waals surface area contributed by atoms with Gasteiger partial charge in [0.1, 0.15) is 22.9 Å². The molecule has 9 heteroatoms. The molecule has 1 saturated carbocycles. The molecule has 0 radical (unpaired) electrons. The third kappa shape index (κ3) is 3.47. The number of nitrogens with one attached hydrogen (secondary N) is 2. The molecule has 4 aromatic rings. The van der Waals surface area contributed by atoms with Gasteiger partial charge in [0.15, 0.2) is 11.2 Å². The number of aromatic amines is 2. The molecule has 2 heterocycles.